The third-order valence-corrected chi connectivity index (χ3v) is 4.73. The summed E-state index contributed by atoms with van der Waals surface area (Å²) in [6.45, 7) is 1.77. The number of para-hydroxylation sites is 1. The lowest BCUT2D eigenvalue weighted by atomic mass is 10.2. The molecule has 0 atom stereocenters. The van der Waals surface area contributed by atoms with Crippen LogP contribution in [0.5, 0.6) is 0 Å². The third kappa shape index (κ3) is 2.94. The molecule has 1 fully saturated rings. The van der Waals surface area contributed by atoms with Crippen LogP contribution in [0.15, 0.2) is 52.1 Å². The summed E-state index contributed by atoms with van der Waals surface area (Å²) in [5.74, 6) is 1.96. The minimum absolute atomic E-state index is 0.237. The maximum Gasteiger partial charge on any atom is 0.409 e. The summed E-state index contributed by atoms with van der Waals surface area (Å²) >= 11 is 1.61. The Morgan fingerprint density at radius 2 is 2.08 bits per heavy atom. The number of benzene rings is 1. The van der Waals surface area contributed by atoms with Gasteiger partial charge in [0.1, 0.15) is 11.6 Å². The number of ether oxygens (including phenoxy) is 1. The molecule has 2 aromatic heterocycles. The molecule has 0 bridgehead atoms. The van der Waals surface area contributed by atoms with Gasteiger partial charge in [0.2, 0.25) is 0 Å². The highest BCUT2D eigenvalue weighted by Crippen LogP contribution is 2.28. The number of hydrogen-bond donors (Lipinski definition) is 0. The van der Waals surface area contributed by atoms with Gasteiger partial charge >= 0.3 is 6.09 Å². The molecule has 24 heavy (non-hydrogen) atoms. The number of rotatable bonds is 5. The molecule has 1 aliphatic rings. The zero-order chi connectivity index (χ0) is 16.4. The first-order valence-corrected chi connectivity index (χ1v) is 8.65. The molecular formula is C17H15N3O3S. The lowest BCUT2D eigenvalue weighted by molar-refractivity contribution is 0.160. The number of fused-ring (bicyclic) bond motifs is 1. The summed E-state index contributed by atoms with van der Waals surface area (Å²) in [6, 6.07) is 11.6. The van der Waals surface area contributed by atoms with E-state index >= 15 is 0 Å². The molecular weight excluding hydrogens is 326 g/mol. The van der Waals surface area contributed by atoms with E-state index in [1.165, 1.54) is 0 Å². The van der Waals surface area contributed by atoms with Gasteiger partial charge in [0.05, 0.1) is 18.3 Å². The van der Waals surface area contributed by atoms with Gasteiger partial charge in [-0.15, -0.1) is 11.8 Å². The SMILES string of the molecule is O=C1OCCN1CCSc1nc(-c2ccco2)nc2ccccc12. The Kier molecular flexibility index (Phi) is 4.08. The fourth-order valence-electron chi connectivity index (χ4n) is 2.55. The van der Waals surface area contributed by atoms with Gasteiger partial charge in [-0.1, -0.05) is 18.2 Å². The predicted molar refractivity (Wildman–Crippen MR) is 90.9 cm³/mol. The highest BCUT2D eigenvalue weighted by Gasteiger charge is 2.21. The average Bonchev–Trinajstić information content (AvgIpc) is 3.27. The third-order valence-electron chi connectivity index (χ3n) is 3.75. The lowest BCUT2D eigenvalue weighted by Gasteiger charge is -2.12. The van der Waals surface area contributed by atoms with Crippen LogP contribution in [0, 0.1) is 0 Å². The smallest absolute Gasteiger partial charge is 0.409 e. The van der Waals surface area contributed by atoms with E-state index in [9.17, 15) is 4.79 Å². The number of aromatic nitrogens is 2. The van der Waals surface area contributed by atoms with Crippen molar-refractivity contribution in [3.05, 3.63) is 42.7 Å². The first-order valence-electron chi connectivity index (χ1n) is 7.66. The summed E-state index contributed by atoms with van der Waals surface area (Å²) in [5.41, 5.74) is 0.877. The minimum atomic E-state index is -0.237. The molecule has 3 heterocycles. The van der Waals surface area contributed by atoms with Gasteiger partial charge in [-0.25, -0.2) is 14.8 Å². The Labute approximate surface area is 142 Å². The van der Waals surface area contributed by atoms with Crippen molar-refractivity contribution in [2.75, 3.05) is 25.4 Å². The van der Waals surface area contributed by atoms with Gasteiger partial charge in [-0.05, 0) is 18.2 Å². The van der Waals surface area contributed by atoms with Crippen LogP contribution in [0.3, 0.4) is 0 Å². The van der Waals surface area contributed by atoms with E-state index in [1.807, 2.05) is 36.4 Å². The molecule has 6 nitrogen and oxygen atoms in total. The summed E-state index contributed by atoms with van der Waals surface area (Å²) in [6.07, 6.45) is 1.37. The number of furan rings is 1. The van der Waals surface area contributed by atoms with Crippen molar-refractivity contribution in [2.24, 2.45) is 0 Å². The van der Waals surface area contributed by atoms with Crippen molar-refractivity contribution >= 4 is 28.8 Å². The van der Waals surface area contributed by atoms with E-state index in [2.05, 4.69) is 9.97 Å². The Morgan fingerprint density at radius 1 is 1.17 bits per heavy atom. The summed E-state index contributed by atoms with van der Waals surface area (Å²) in [7, 11) is 0. The van der Waals surface area contributed by atoms with Crippen LogP contribution in [-0.2, 0) is 4.74 Å². The maximum atomic E-state index is 11.5. The zero-order valence-electron chi connectivity index (χ0n) is 12.8. The second kappa shape index (κ2) is 6.52. The predicted octanol–water partition coefficient (Wildman–Crippen LogP) is 3.43. The number of carbonyl (C=O) groups excluding carboxylic acids is 1. The van der Waals surface area contributed by atoms with Crippen molar-refractivity contribution in [3.8, 4) is 11.6 Å². The van der Waals surface area contributed by atoms with E-state index in [0.717, 1.165) is 21.7 Å². The summed E-state index contributed by atoms with van der Waals surface area (Å²) in [5, 5.41) is 1.89. The lowest BCUT2D eigenvalue weighted by Crippen LogP contribution is -2.26. The van der Waals surface area contributed by atoms with Gasteiger partial charge in [0, 0.05) is 17.7 Å². The molecule has 0 aliphatic carbocycles. The number of thioether (sulfide) groups is 1. The minimum Gasteiger partial charge on any atom is -0.461 e. The molecule has 1 aromatic carbocycles. The number of amides is 1. The topological polar surface area (TPSA) is 68.5 Å². The van der Waals surface area contributed by atoms with Gasteiger partial charge in [0.15, 0.2) is 11.6 Å². The monoisotopic (exact) mass is 341 g/mol. The van der Waals surface area contributed by atoms with Crippen molar-refractivity contribution in [1.82, 2.24) is 14.9 Å². The molecule has 0 N–H and O–H groups in total. The van der Waals surface area contributed by atoms with Crippen LogP contribution >= 0.6 is 11.8 Å². The molecule has 4 rings (SSSR count). The Morgan fingerprint density at radius 3 is 2.88 bits per heavy atom. The molecule has 0 spiro atoms. The van der Waals surface area contributed by atoms with Crippen molar-refractivity contribution < 1.29 is 13.9 Å². The quantitative estimate of drug-likeness (QED) is 0.523. The molecule has 1 aliphatic heterocycles. The van der Waals surface area contributed by atoms with E-state index in [4.69, 9.17) is 9.15 Å². The van der Waals surface area contributed by atoms with Gasteiger partial charge in [0.25, 0.3) is 0 Å². The van der Waals surface area contributed by atoms with E-state index < -0.39 is 0 Å². The molecule has 0 saturated carbocycles. The Bertz CT molecular complexity index is 867. The van der Waals surface area contributed by atoms with Crippen LogP contribution < -0.4 is 0 Å². The normalized spacial score (nSPS) is 14.3. The van der Waals surface area contributed by atoms with Gasteiger partial charge in [-0.2, -0.15) is 0 Å². The van der Waals surface area contributed by atoms with Crippen molar-refractivity contribution in [3.63, 3.8) is 0 Å². The van der Waals surface area contributed by atoms with Gasteiger partial charge in [-0.3, -0.25) is 0 Å². The van der Waals surface area contributed by atoms with Gasteiger partial charge < -0.3 is 14.1 Å². The Balaban J connectivity index is 1.59. The van der Waals surface area contributed by atoms with Crippen LogP contribution in [0.4, 0.5) is 4.79 Å². The largest absolute Gasteiger partial charge is 0.461 e. The molecule has 7 heteroatoms. The highest BCUT2D eigenvalue weighted by atomic mass is 32.2. The number of cyclic esters (lactones) is 1. The molecule has 0 unspecified atom stereocenters. The molecule has 0 radical (unpaired) electrons. The average molecular weight is 341 g/mol. The first kappa shape index (κ1) is 15.0. The number of nitrogens with zero attached hydrogens (tertiary/aromatic N) is 3. The number of carbonyl (C=O) groups is 1. The summed E-state index contributed by atoms with van der Waals surface area (Å²) in [4.78, 5) is 22.4. The highest BCUT2D eigenvalue weighted by molar-refractivity contribution is 7.99. The van der Waals surface area contributed by atoms with Crippen molar-refractivity contribution in [2.45, 2.75) is 5.03 Å². The van der Waals surface area contributed by atoms with Crippen LogP contribution in [0.25, 0.3) is 22.5 Å². The van der Waals surface area contributed by atoms with E-state index in [1.54, 1.807) is 22.9 Å². The van der Waals surface area contributed by atoms with Crippen LogP contribution in [-0.4, -0.2) is 46.4 Å². The molecule has 3 aromatic rings. The second-order valence-corrected chi connectivity index (χ2v) is 6.38. The molecule has 122 valence electrons. The zero-order valence-corrected chi connectivity index (χ0v) is 13.7. The second-order valence-electron chi connectivity index (χ2n) is 5.30. The number of hydrogen-bond acceptors (Lipinski definition) is 6. The van der Waals surface area contributed by atoms with Crippen LogP contribution in [0.2, 0.25) is 0 Å². The summed E-state index contributed by atoms with van der Waals surface area (Å²) < 4.78 is 10.4. The van der Waals surface area contributed by atoms with Crippen LogP contribution in [0.1, 0.15) is 0 Å². The van der Waals surface area contributed by atoms with Crippen molar-refractivity contribution in [1.29, 1.82) is 0 Å². The fraction of sp³-hybridized carbons (Fsp3) is 0.235. The standard InChI is InChI=1S/C17H15N3O3S/c21-17-20(7-10-23-17)8-11-24-16-12-4-1-2-5-13(12)18-15(19-16)14-6-3-9-22-14/h1-6,9H,7-8,10-11H2. The van der Waals surface area contributed by atoms with E-state index in [0.29, 0.717) is 31.3 Å². The van der Waals surface area contributed by atoms with E-state index in [-0.39, 0.29) is 6.09 Å². The molecule has 1 amide bonds. The first-order chi connectivity index (χ1) is 11.8. The molecule has 1 saturated heterocycles. The maximum absolute atomic E-state index is 11.5. The fourth-order valence-corrected chi connectivity index (χ4v) is 3.54. The Hall–Kier alpha value is -2.54.